The van der Waals surface area contributed by atoms with Gasteiger partial charge in [0, 0.05) is 5.56 Å². The molecule has 1 aliphatic rings. The summed E-state index contributed by atoms with van der Waals surface area (Å²) < 4.78 is 21.3. The smallest absolute Gasteiger partial charge is 0.363 e. The molecule has 0 aromatic heterocycles. The average molecular weight is 367 g/mol. The number of aryl methyl sites for hydroxylation is 2. The van der Waals surface area contributed by atoms with Crippen LogP contribution in [0, 0.1) is 13.8 Å². The van der Waals surface area contributed by atoms with Crippen LogP contribution in [-0.2, 0) is 9.53 Å². The summed E-state index contributed by atoms with van der Waals surface area (Å²) in [6, 6.07) is 9.29. The number of hydrogen-bond acceptors (Lipinski definition) is 6. The minimum atomic E-state index is -0.503. The van der Waals surface area contributed by atoms with Crippen LogP contribution in [0.25, 0.3) is 6.08 Å². The van der Waals surface area contributed by atoms with Crippen LogP contribution in [0.3, 0.4) is 0 Å². The van der Waals surface area contributed by atoms with Gasteiger partial charge in [0.25, 0.3) is 0 Å². The first-order valence-corrected chi connectivity index (χ1v) is 8.37. The van der Waals surface area contributed by atoms with Gasteiger partial charge in [-0.2, -0.15) is 0 Å². The number of rotatable bonds is 5. The van der Waals surface area contributed by atoms with Gasteiger partial charge in [0.05, 0.1) is 21.3 Å². The van der Waals surface area contributed by atoms with Gasteiger partial charge in [0.15, 0.2) is 17.2 Å². The lowest BCUT2D eigenvalue weighted by Crippen LogP contribution is -2.05. The Kier molecular flexibility index (Phi) is 5.16. The molecule has 2 aromatic rings. The van der Waals surface area contributed by atoms with Crippen molar-refractivity contribution < 1.29 is 23.7 Å². The van der Waals surface area contributed by atoms with Gasteiger partial charge in [-0.05, 0) is 60.9 Å². The Morgan fingerprint density at radius 1 is 0.926 bits per heavy atom. The second-order valence-electron chi connectivity index (χ2n) is 6.09. The highest BCUT2D eigenvalue weighted by atomic mass is 16.6. The summed E-state index contributed by atoms with van der Waals surface area (Å²) in [6.45, 7) is 4.03. The zero-order valence-electron chi connectivity index (χ0n) is 16.0. The van der Waals surface area contributed by atoms with Crippen molar-refractivity contribution >= 4 is 17.9 Å². The predicted octanol–water partition coefficient (Wildman–Crippen LogP) is 3.67. The average Bonchev–Trinajstić information content (AvgIpc) is 3.03. The summed E-state index contributed by atoms with van der Waals surface area (Å²) >= 11 is 0. The minimum absolute atomic E-state index is 0.206. The molecule has 0 saturated heterocycles. The molecular formula is C21H21NO5. The molecule has 0 unspecified atom stereocenters. The number of carbonyl (C=O) groups excluding carboxylic acids is 1. The zero-order valence-corrected chi connectivity index (χ0v) is 16.0. The number of aliphatic imine (C=N–C) groups is 1. The molecule has 0 amide bonds. The van der Waals surface area contributed by atoms with E-state index in [-0.39, 0.29) is 5.70 Å². The molecule has 1 aliphatic heterocycles. The standard InChI is InChI=1S/C21H21NO5/c1-12-6-7-15(8-13(12)2)20-22-16(21(23)27-20)9-14-10-17(24-3)19(26-5)18(11-14)25-4/h6-11H,1-5H3. The normalized spacial score (nSPS) is 14.8. The molecule has 0 bridgehead atoms. The molecule has 0 radical (unpaired) electrons. The number of ether oxygens (including phenoxy) is 4. The molecule has 1 heterocycles. The minimum Gasteiger partial charge on any atom is -0.493 e. The maximum absolute atomic E-state index is 12.3. The van der Waals surface area contributed by atoms with Crippen molar-refractivity contribution in [2.45, 2.75) is 13.8 Å². The van der Waals surface area contributed by atoms with Gasteiger partial charge >= 0.3 is 5.97 Å². The lowest BCUT2D eigenvalue weighted by atomic mass is 10.1. The van der Waals surface area contributed by atoms with Crippen molar-refractivity contribution in [3.05, 3.63) is 58.3 Å². The molecule has 0 atom stereocenters. The first kappa shape index (κ1) is 18.5. The molecule has 0 saturated carbocycles. The Morgan fingerprint density at radius 3 is 2.15 bits per heavy atom. The number of benzene rings is 2. The van der Waals surface area contributed by atoms with E-state index < -0.39 is 5.97 Å². The van der Waals surface area contributed by atoms with Crippen molar-refractivity contribution in [3.63, 3.8) is 0 Å². The van der Waals surface area contributed by atoms with Crippen LogP contribution in [0.1, 0.15) is 22.3 Å². The predicted molar refractivity (Wildman–Crippen MR) is 103 cm³/mol. The molecule has 0 spiro atoms. The van der Waals surface area contributed by atoms with E-state index >= 15 is 0 Å². The second-order valence-corrected chi connectivity index (χ2v) is 6.09. The number of hydrogen-bond donors (Lipinski definition) is 0. The van der Waals surface area contributed by atoms with E-state index in [1.807, 2.05) is 32.0 Å². The van der Waals surface area contributed by atoms with E-state index in [2.05, 4.69) is 4.99 Å². The quantitative estimate of drug-likeness (QED) is 0.596. The van der Waals surface area contributed by atoms with Crippen LogP contribution in [0.2, 0.25) is 0 Å². The molecule has 0 N–H and O–H groups in total. The summed E-state index contributed by atoms with van der Waals surface area (Å²) in [7, 11) is 4.61. The third-order valence-corrected chi connectivity index (χ3v) is 4.36. The monoisotopic (exact) mass is 367 g/mol. The lowest BCUT2D eigenvalue weighted by molar-refractivity contribution is -0.129. The number of carbonyl (C=O) groups is 1. The SMILES string of the molecule is COc1cc(C=C2N=C(c3ccc(C)c(C)c3)OC2=O)cc(OC)c1OC. The van der Waals surface area contributed by atoms with Crippen molar-refractivity contribution in [1.82, 2.24) is 0 Å². The van der Waals surface area contributed by atoms with Gasteiger partial charge in [0.1, 0.15) is 0 Å². The fourth-order valence-electron chi connectivity index (χ4n) is 2.75. The third kappa shape index (κ3) is 3.65. The van der Waals surface area contributed by atoms with Crippen LogP contribution < -0.4 is 14.2 Å². The maximum atomic E-state index is 12.3. The van der Waals surface area contributed by atoms with Crippen LogP contribution in [0.4, 0.5) is 0 Å². The number of methoxy groups -OCH3 is 3. The Balaban J connectivity index is 2.00. The molecule has 6 heteroatoms. The lowest BCUT2D eigenvalue weighted by Gasteiger charge is -2.12. The summed E-state index contributed by atoms with van der Waals surface area (Å²) in [4.78, 5) is 16.6. The van der Waals surface area contributed by atoms with Gasteiger partial charge < -0.3 is 18.9 Å². The van der Waals surface area contributed by atoms with Crippen molar-refractivity contribution in [2.75, 3.05) is 21.3 Å². The highest BCUT2D eigenvalue weighted by Gasteiger charge is 2.25. The summed E-state index contributed by atoms with van der Waals surface area (Å²) in [5, 5.41) is 0. The van der Waals surface area contributed by atoms with Gasteiger partial charge in [-0.25, -0.2) is 9.79 Å². The molecule has 3 rings (SSSR count). The highest BCUT2D eigenvalue weighted by Crippen LogP contribution is 2.39. The Morgan fingerprint density at radius 2 is 1.59 bits per heavy atom. The molecule has 0 fully saturated rings. The topological polar surface area (TPSA) is 66.4 Å². The zero-order chi connectivity index (χ0) is 19.6. The van der Waals surface area contributed by atoms with Crippen LogP contribution in [0.15, 0.2) is 41.0 Å². The largest absolute Gasteiger partial charge is 0.493 e. The summed E-state index contributed by atoms with van der Waals surface area (Å²) in [5.41, 5.74) is 3.92. The van der Waals surface area contributed by atoms with Gasteiger partial charge in [-0.3, -0.25) is 0 Å². The van der Waals surface area contributed by atoms with E-state index in [0.29, 0.717) is 28.7 Å². The first-order valence-electron chi connectivity index (χ1n) is 8.37. The van der Waals surface area contributed by atoms with Crippen LogP contribution >= 0.6 is 0 Å². The van der Waals surface area contributed by atoms with Gasteiger partial charge in [-0.15, -0.1) is 0 Å². The number of nitrogens with zero attached hydrogens (tertiary/aromatic N) is 1. The molecule has 2 aromatic carbocycles. The van der Waals surface area contributed by atoms with Crippen molar-refractivity contribution in [3.8, 4) is 17.2 Å². The Hall–Kier alpha value is -3.28. The summed E-state index contributed by atoms with van der Waals surface area (Å²) in [5.74, 6) is 1.26. The molecular weight excluding hydrogens is 346 g/mol. The van der Waals surface area contributed by atoms with Gasteiger partial charge in [0.2, 0.25) is 11.6 Å². The number of esters is 1. The van der Waals surface area contributed by atoms with E-state index in [1.54, 1.807) is 18.2 Å². The molecule has 27 heavy (non-hydrogen) atoms. The molecule has 0 aliphatic carbocycles. The third-order valence-electron chi connectivity index (χ3n) is 4.36. The molecule has 140 valence electrons. The highest BCUT2D eigenvalue weighted by molar-refractivity contribution is 6.13. The first-order chi connectivity index (χ1) is 13.0. The summed E-state index contributed by atoms with van der Waals surface area (Å²) in [6.07, 6.45) is 1.63. The van der Waals surface area contributed by atoms with E-state index in [4.69, 9.17) is 18.9 Å². The fraction of sp³-hybridized carbons (Fsp3) is 0.238. The van der Waals surface area contributed by atoms with Crippen molar-refractivity contribution in [1.29, 1.82) is 0 Å². The maximum Gasteiger partial charge on any atom is 0.363 e. The fourth-order valence-corrected chi connectivity index (χ4v) is 2.75. The van der Waals surface area contributed by atoms with Crippen LogP contribution in [-0.4, -0.2) is 33.2 Å². The van der Waals surface area contributed by atoms with Gasteiger partial charge in [-0.1, -0.05) is 6.07 Å². The number of cyclic esters (lactones) is 1. The van der Waals surface area contributed by atoms with E-state index in [1.165, 1.54) is 21.3 Å². The Labute approximate surface area is 158 Å². The molecule has 6 nitrogen and oxygen atoms in total. The Bertz CT molecular complexity index is 934. The van der Waals surface area contributed by atoms with Crippen molar-refractivity contribution in [2.24, 2.45) is 4.99 Å². The van der Waals surface area contributed by atoms with Crippen LogP contribution in [0.5, 0.6) is 17.2 Å². The van der Waals surface area contributed by atoms with E-state index in [9.17, 15) is 4.79 Å². The van der Waals surface area contributed by atoms with E-state index in [0.717, 1.165) is 16.7 Å². The second kappa shape index (κ2) is 7.53.